The molecule has 1 atom stereocenters. The van der Waals surface area contributed by atoms with Crippen LogP contribution in [-0.4, -0.2) is 21.3 Å². The SMILES string of the molecule is COc1ccc(C(CC(=O)c2ccc(F)cc2)S(=O)(=O)c2ccccc2)cc1. The molecule has 3 aromatic rings. The molecule has 0 aliphatic carbocycles. The molecule has 0 spiro atoms. The molecule has 0 heterocycles. The number of rotatable bonds is 7. The lowest BCUT2D eigenvalue weighted by atomic mass is 10.0. The summed E-state index contributed by atoms with van der Waals surface area (Å²) in [5, 5.41) is -1.07. The van der Waals surface area contributed by atoms with E-state index in [1.807, 2.05) is 0 Å². The van der Waals surface area contributed by atoms with E-state index < -0.39 is 20.9 Å². The Morgan fingerprint density at radius 2 is 1.54 bits per heavy atom. The predicted molar refractivity (Wildman–Crippen MR) is 105 cm³/mol. The first-order chi connectivity index (χ1) is 13.4. The molecule has 3 aromatic carbocycles. The first-order valence-electron chi connectivity index (χ1n) is 8.63. The van der Waals surface area contributed by atoms with Gasteiger partial charge in [-0.1, -0.05) is 30.3 Å². The summed E-state index contributed by atoms with van der Waals surface area (Å²) >= 11 is 0. The topological polar surface area (TPSA) is 60.4 Å². The second kappa shape index (κ2) is 8.35. The molecule has 0 aliphatic rings. The van der Waals surface area contributed by atoms with Crippen molar-refractivity contribution in [2.75, 3.05) is 7.11 Å². The highest BCUT2D eigenvalue weighted by molar-refractivity contribution is 7.91. The van der Waals surface area contributed by atoms with Crippen molar-refractivity contribution in [1.29, 1.82) is 0 Å². The number of carbonyl (C=O) groups excluding carboxylic acids is 1. The van der Waals surface area contributed by atoms with Crippen LogP contribution in [0.15, 0.2) is 83.8 Å². The lowest BCUT2D eigenvalue weighted by molar-refractivity contribution is 0.0980. The Labute approximate surface area is 163 Å². The van der Waals surface area contributed by atoms with Crippen LogP contribution in [0.2, 0.25) is 0 Å². The average Bonchev–Trinajstić information content (AvgIpc) is 2.73. The Hall–Kier alpha value is -2.99. The van der Waals surface area contributed by atoms with Crippen LogP contribution in [0.3, 0.4) is 0 Å². The van der Waals surface area contributed by atoms with Gasteiger partial charge in [0.1, 0.15) is 11.6 Å². The number of hydrogen-bond acceptors (Lipinski definition) is 4. The molecule has 0 aliphatic heterocycles. The van der Waals surface area contributed by atoms with Gasteiger partial charge in [0.25, 0.3) is 0 Å². The number of ether oxygens (including phenoxy) is 1. The van der Waals surface area contributed by atoms with Crippen molar-refractivity contribution in [1.82, 2.24) is 0 Å². The fraction of sp³-hybridized carbons (Fsp3) is 0.136. The zero-order valence-electron chi connectivity index (χ0n) is 15.2. The number of Topliss-reactive ketones (excluding diaryl/α,β-unsaturated/α-hetero) is 1. The van der Waals surface area contributed by atoms with Gasteiger partial charge in [-0.25, -0.2) is 12.8 Å². The Balaban J connectivity index is 2.01. The van der Waals surface area contributed by atoms with Crippen molar-refractivity contribution in [3.05, 3.63) is 95.8 Å². The molecule has 3 rings (SSSR count). The van der Waals surface area contributed by atoms with Gasteiger partial charge in [-0.3, -0.25) is 4.79 Å². The summed E-state index contributed by atoms with van der Waals surface area (Å²) in [7, 11) is -2.30. The van der Waals surface area contributed by atoms with Gasteiger partial charge in [-0.2, -0.15) is 0 Å². The minimum absolute atomic E-state index is 0.141. The van der Waals surface area contributed by atoms with Crippen molar-refractivity contribution < 1.29 is 22.3 Å². The van der Waals surface area contributed by atoms with Crippen molar-refractivity contribution >= 4 is 15.6 Å². The average molecular weight is 398 g/mol. The highest BCUT2D eigenvalue weighted by Gasteiger charge is 2.31. The Bertz CT molecular complexity index is 1040. The highest BCUT2D eigenvalue weighted by Crippen LogP contribution is 2.33. The summed E-state index contributed by atoms with van der Waals surface area (Å²) in [4.78, 5) is 12.9. The first kappa shape index (κ1) is 19.8. The lowest BCUT2D eigenvalue weighted by Gasteiger charge is -2.18. The number of carbonyl (C=O) groups is 1. The first-order valence-corrected chi connectivity index (χ1v) is 10.2. The van der Waals surface area contributed by atoms with E-state index >= 15 is 0 Å². The summed E-state index contributed by atoms with van der Waals surface area (Å²) in [5.41, 5.74) is 0.753. The van der Waals surface area contributed by atoms with Gasteiger partial charge < -0.3 is 4.74 Å². The monoisotopic (exact) mass is 398 g/mol. The van der Waals surface area contributed by atoms with Crippen LogP contribution < -0.4 is 4.74 Å². The number of ketones is 1. The summed E-state index contributed by atoms with van der Waals surface area (Å²) in [5.74, 6) is -0.245. The molecule has 0 bridgehead atoms. The second-order valence-electron chi connectivity index (χ2n) is 6.25. The molecular weight excluding hydrogens is 379 g/mol. The molecule has 28 heavy (non-hydrogen) atoms. The quantitative estimate of drug-likeness (QED) is 0.545. The van der Waals surface area contributed by atoms with Crippen LogP contribution in [0.5, 0.6) is 5.75 Å². The molecule has 0 fully saturated rings. The van der Waals surface area contributed by atoms with Crippen LogP contribution in [0, 0.1) is 5.82 Å². The minimum Gasteiger partial charge on any atom is -0.497 e. The third-order valence-electron chi connectivity index (χ3n) is 4.47. The van der Waals surface area contributed by atoms with E-state index in [0.29, 0.717) is 11.3 Å². The summed E-state index contributed by atoms with van der Waals surface area (Å²) in [6, 6.07) is 19.7. The van der Waals surface area contributed by atoms with Crippen molar-refractivity contribution in [2.24, 2.45) is 0 Å². The van der Waals surface area contributed by atoms with Crippen LogP contribution in [0.1, 0.15) is 27.6 Å². The zero-order valence-corrected chi connectivity index (χ0v) is 16.0. The number of sulfone groups is 1. The van der Waals surface area contributed by atoms with E-state index in [-0.39, 0.29) is 22.7 Å². The molecule has 0 N–H and O–H groups in total. The summed E-state index contributed by atoms with van der Waals surface area (Å²) in [6.45, 7) is 0. The van der Waals surface area contributed by atoms with Gasteiger partial charge >= 0.3 is 0 Å². The molecule has 0 radical (unpaired) electrons. The molecule has 0 amide bonds. The normalized spacial score (nSPS) is 12.4. The Morgan fingerprint density at radius 1 is 0.929 bits per heavy atom. The summed E-state index contributed by atoms with van der Waals surface area (Å²) in [6.07, 6.45) is -0.255. The van der Waals surface area contributed by atoms with Crippen molar-refractivity contribution in [2.45, 2.75) is 16.6 Å². The van der Waals surface area contributed by atoms with Crippen LogP contribution in [0.25, 0.3) is 0 Å². The fourth-order valence-corrected chi connectivity index (χ4v) is 4.67. The minimum atomic E-state index is -3.82. The predicted octanol–water partition coefficient (Wildman–Crippen LogP) is 4.62. The Kier molecular flexibility index (Phi) is 5.90. The number of hydrogen-bond donors (Lipinski definition) is 0. The molecule has 1 unspecified atom stereocenters. The van der Waals surface area contributed by atoms with E-state index in [2.05, 4.69) is 0 Å². The van der Waals surface area contributed by atoms with Crippen LogP contribution >= 0.6 is 0 Å². The van der Waals surface area contributed by atoms with Gasteiger partial charge in [-0.05, 0) is 54.1 Å². The van der Waals surface area contributed by atoms with E-state index in [1.165, 1.54) is 43.5 Å². The van der Waals surface area contributed by atoms with E-state index in [1.54, 1.807) is 42.5 Å². The zero-order chi connectivity index (χ0) is 20.1. The maximum absolute atomic E-state index is 13.3. The number of halogens is 1. The molecule has 0 saturated carbocycles. The second-order valence-corrected chi connectivity index (χ2v) is 8.38. The van der Waals surface area contributed by atoms with Crippen LogP contribution in [-0.2, 0) is 9.84 Å². The molecular formula is C22H19FO4S. The van der Waals surface area contributed by atoms with E-state index in [9.17, 15) is 17.6 Å². The fourth-order valence-electron chi connectivity index (χ4n) is 2.92. The summed E-state index contributed by atoms with van der Waals surface area (Å²) < 4.78 is 44.8. The standard InChI is InChI=1S/C22H19FO4S/c1-27-19-13-9-17(10-14-19)22(28(25,26)20-5-3-2-4-6-20)15-21(24)16-7-11-18(23)12-8-16/h2-14,22H,15H2,1H3. The largest absolute Gasteiger partial charge is 0.497 e. The highest BCUT2D eigenvalue weighted by atomic mass is 32.2. The lowest BCUT2D eigenvalue weighted by Crippen LogP contribution is -2.18. The van der Waals surface area contributed by atoms with E-state index in [0.717, 1.165) is 0 Å². The van der Waals surface area contributed by atoms with Gasteiger partial charge in [0, 0.05) is 12.0 Å². The maximum atomic E-state index is 13.3. The molecule has 4 nitrogen and oxygen atoms in total. The van der Waals surface area contributed by atoms with Gasteiger partial charge in [0.2, 0.25) is 0 Å². The smallest absolute Gasteiger partial charge is 0.185 e. The van der Waals surface area contributed by atoms with E-state index in [4.69, 9.17) is 4.74 Å². The van der Waals surface area contributed by atoms with Crippen LogP contribution in [0.4, 0.5) is 4.39 Å². The van der Waals surface area contributed by atoms with Gasteiger partial charge in [0.05, 0.1) is 17.3 Å². The molecule has 144 valence electrons. The third kappa shape index (κ3) is 4.28. The molecule has 6 heteroatoms. The maximum Gasteiger partial charge on any atom is 0.185 e. The molecule has 0 aromatic heterocycles. The number of benzene rings is 3. The van der Waals surface area contributed by atoms with Gasteiger partial charge in [0.15, 0.2) is 15.6 Å². The third-order valence-corrected chi connectivity index (χ3v) is 6.59. The van der Waals surface area contributed by atoms with Crippen molar-refractivity contribution in [3.63, 3.8) is 0 Å². The van der Waals surface area contributed by atoms with Gasteiger partial charge in [-0.15, -0.1) is 0 Å². The molecule has 0 saturated heterocycles. The Morgan fingerprint density at radius 3 is 2.11 bits per heavy atom. The van der Waals surface area contributed by atoms with Crippen molar-refractivity contribution in [3.8, 4) is 5.75 Å². The number of methoxy groups -OCH3 is 1.